The molecule has 0 fully saturated rings. The molecule has 0 radical (unpaired) electrons. The maximum absolute atomic E-state index is 12.6. The molecule has 1 aliphatic rings. The molecule has 0 saturated carbocycles. The number of rotatable bonds is 5. The summed E-state index contributed by atoms with van der Waals surface area (Å²) < 4.78 is 31.4. The van der Waals surface area contributed by atoms with Crippen molar-refractivity contribution in [3.8, 4) is 0 Å². The molecule has 130 valence electrons. The summed E-state index contributed by atoms with van der Waals surface area (Å²) in [7, 11) is 0. The summed E-state index contributed by atoms with van der Waals surface area (Å²) in [6, 6.07) is 1.31. The van der Waals surface area contributed by atoms with E-state index in [0.717, 1.165) is 30.5 Å². The Labute approximate surface area is 138 Å². The summed E-state index contributed by atoms with van der Waals surface area (Å²) in [5, 5.41) is 3.63. The van der Waals surface area contributed by atoms with E-state index in [1.165, 1.54) is 6.07 Å². The summed E-state index contributed by atoms with van der Waals surface area (Å²) in [6.45, 7) is 2.31. The molecule has 0 unspecified atom stereocenters. The smallest absolute Gasteiger partial charge is 0.333 e. The molecule has 1 amide bonds. The molecule has 3 heterocycles. The van der Waals surface area contributed by atoms with Gasteiger partial charge in [0.15, 0.2) is 11.6 Å². The second-order valence-electron chi connectivity index (χ2n) is 6.35. The minimum absolute atomic E-state index is 0.0160. The van der Waals surface area contributed by atoms with Gasteiger partial charge < -0.3 is 9.32 Å². The Morgan fingerprint density at radius 1 is 1.42 bits per heavy atom. The summed E-state index contributed by atoms with van der Waals surface area (Å²) in [6.07, 6.45) is 3.45. The zero-order chi connectivity index (χ0) is 17.3. The molecule has 24 heavy (non-hydrogen) atoms. The van der Waals surface area contributed by atoms with Crippen LogP contribution in [0, 0.1) is 5.92 Å². The number of alkyl halides is 2. The number of aryl methyl sites for hydroxylation is 1. The topological polar surface area (TPSA) is 64.2 Å². The number of amides is 1. The number of fused-ring (bicyclic) bond motifs is 1. The molecule has 0 spiro atoms. The maximum Gasteiger partial charge on any atom is 0.333 e. The number of halogens is 2. The van der Waals surface area contributed by atoms with Crippen LogP contribution < -0.4 is 0 Å². The van der Waals surface area contributed by atoms with Crippen LogP contribution in [-0.4, -0.2) is 32.1 Å². The lowest BCUT2D eigenvalue weighted by atomic mass is 10.1. The minimum Gasteiger partial charge on any atom is -0.445 e. The third-order valence-corrected chi connectivity index (χ3v) is 4.02. The zero-order valence-electron chi connectivity index (χ0n) is 13.7. The average molecular weight is 338 g/mol. The van der Waals surface area contributed by atoms with Gasteiger partial charge in [-0.1, -0.05) is 13.8 Å². The van der Waals surface area contributed by atoms with Crippen molar-refractivity contribution in [3.05, 3.63) is 35.3 Å². The van der Waals surface area contributed by atoms with Gasteiger partial charge in [0, 0.05) is 25.6 Å². The van der Waals surface area contributed by atoms with E-state index in [1.807, 2.05) is 0 Å². The van der Waals surface area contributed by atoms with E-state index in [4.69, 9.17) is 4.42 Å². The molecule has 2 aromatic heterocycles. The van der Waals surface area contributed by atoms with Crippen molar-refractivity contribution in [2.24, 2.45) is 5.92 Å². The highest BCUT2D eigenvalue weighted by atomic mass is 19.3. The van der Waals surface area contributed by atoms with Crippen LogP contribution in [0.4, 0.5) is 8.78 Å². The van der Waals surface area contributed by atoms with Crippen molar-refractivity contribution in [3.63, 3.8) is 0 Å². The first-order chi connectivity index (χ1) is 11.4. The third-order valence-electron chi connectivity index (χ3n) is 4.02. The van der Waals surface area contributed by atoms with E-state index in [1.54, 1.807) is 4.90 Å². The van der Waals surface area contributed by atoms with Gasteiger partial charge in [0.25, 0.3) is 5.91 Å². The maximum atomic E-state index is 12.6. The van der Waals surface area contributed by atoms with Crippen molar-refractivity contribution < 1.29 is 18.0 Å². The van der Waals surface area contributed by atoms with Crippen LogP contribution in [-0.2, 0) is 19.4 Å². The van der Waals surface area contributed by atoms with Crippen LogP contribution in [0.1, 0.15) is 54.7 Å². The van der Waals surface area contributed by atoms with E-state index >= 15 is 0 Å². The Hall–Kier alpha value is -2.25. The fourth-order valence-electron chi connectivity index (χ4n) is 2.67. The van der Waals surface area contributed by atoms with Gasteiger partial charge in [0.1, 0.15) is 11.5 Å². The van der Waals surface area contributed by atoms with Gasteiger partial charge in [-0.15, -0.1) is 0 Å². The lowest BCUT2D eigenvalue weighted by Gasteiger charge is -2.24. The van der Waals surface area contributed by atoms with Crippen molar-refractivity contribution in [1.29, 1.82) is 0 Å². The van der Waals surface area contributed by atoms with Gasteiger partial charge in [-0.3, -0.25) is 4.79 Å². The molecule has 0 atom stereocenters. The number of carbonyl (C=O) groups excluding carboxylic acids is 1. The van der Waals surface area contributed by atoms with E-state index in [9.17, 15) is 13.6 Å². The zero-order valence-corrected chi connectivity index (χ0v) is 13.7. The second-order valence-corrected chi connectivity index (χ2v) is 6.35. The van der Waals surface area contributed by atoms with Crippen LogP contribution in [0.5, 0.6) is 0 Å². The molecular formula is C16H20F2N4O2. The molecule has 1 aliphatic heterocycles. The number of hydrogen-bond donors (Lipinski definition) is 0. The molecule has 0 aliphatic carbocycles. The van der Waals surface area contributed by atoms with Crippen molar-refractivity contribution in [2.45, 2.75) is 46.2 Å². The summed E-state index contributed by atoms with van der Waals surface area (Å²) in [5.41, 5.74) is 0.768. The molecule has 0 aromatic carbocycles. The quantitative estimate of drug-likeness (QED) is 0.840. The minimum atomic E-state index is -2.75. The first-order valence-corrected chi connectivity index (χ1v) is 8.04. The lowest BCUT2D eigenvalue weighted by molar-refractivity contribution is 0.0549. The van der Waals surface area contributed by atoms with Gasteiger partial charge in [-0.2, -0.15) is 13.9 Å². The van der Waals surface area contributed by atoms with Gasteiger partial charge in [0.2, 0.25) is 0 Å². The van der Waals surface area contributed by atoms with Crippen molar-refractivity contribution >= 4 is 5.91 Å². The lowest BCUT2D eigenvalue weighted by Crippen LogP contribution is -2.36. The average Bonchev–Trinajstić information content (AvgIpc) is 3.18. The van der Waals surface area contributed by atoms with Gasteiger partial charge >= 0.3 is 6.55 Å². The highest BCUT2D eigenvalue weighted by Crippen LogP contribution is 2.22. The number of carbonyl (C=O) groups is 1. The SMILES string of the molecule is CC(C)CCc1nc2c(o1)CCN(C(=O)c1ccn(C(F)F)n1)C2. The van der Waals surface area contributed by atoms with Gasteiger partial charge in [0.05, 0.1) is 6.54 Å². The molecule has 0 N–H and O–H groups in total. The van der Waals surface area contributed by atoms with E-state index in [0.29, 0.717) is 36.0 Å². The predicted molar refractivity (Wildman–Crippen MR) is 81.6 cm³/mol. The van der Waals surface area contributed by atoms with E-state index in [2.05, 4.69) is 23.9 Å². The van der Waals surface area contributed by atoms with Gasteiger partial charge in [-0.25, -0.2) is 9.67 Å². The summed E-state index contributed by atoms with van der Waals surface area (Å²) in [5.74, 6) is 1.71. The Balaban J connectivity index is 1.68. The van der Waals surface area contributed by atoms with Crippen LogP contribution in [0.3, 0.4) is 0 Å². The van der Waals surface area contributed by atoms with E-state index in [-0.39, 0.29) is 11.6 Å². The normalized spacial score (nSPS) is 14.5. The molecule has 6 nitrogen and oxygen atoms in total. The monoisotopic (exact) mass is 338 g/mol. The third kappa shape index (κ3) is 3.47. The Bertz CT molecular complexity index is 723. The highest BCUT2D eigenvalue weighted by Gasteiger charge is 2.27. The van der Waals surface area contributed by atoms with Crippen molar-refractivity contribution in [1.82, 2.24) is 19.7 Å². The highest BCUT2D eigenvalue weighted by molar-refractivity contribution is 5.92. The molecule has 3 rings (SSSR count). The second kappa shape index (κ2) is 6.70. The molecule has 0 saturated heterocycles. The molecule has 0 bridgehead atoms. The van der Waals surface area contributed by atoms with Crippen LogP contribution in [0.25, 0.3) is 0 Å². The Morgan fingerprint density at radius 2 is 2.21 bits per heavy atom. The summed E-state index contributed by atoms with van der Waals surface area (Å²) >= 11 is 0. The van der Waals surface area contributed by atoms with Crippen molar-refractivity contribution in [2.75, 3.05) is 6.54 Å². The fraction of sp³-hybridized carbons (Fsp3) is 0.562. The Morgan fingerprint density at radius 3 is 2.88 bits per heavy atom. The standard InChI is InChI=1S/C16H20F2N4O2/c1-10(2)3-4-14-19-12-9-21(7-6-13(12)24-14)15(23)11-5-8-22(20-11)16(17)18/h5,8,10,16H,3-4,6-7,9H2,1-2H3. The fourth-order valence-corrected chi connectivity index (χ4v) is 2.67. The van der Waals surface area contributed by atoms with E-state index < -0.39 is 6.55 Å². The Kier molecular flexibility index (Phi) is 4.64. The largest absolute Gasteiger partial charge is 0.445 e. The van der Waals surface area contributed by atoms with Crippen LogP contribution >= 0.6 is 0 Å². The predicted octanol–water partition coefficient (Wildman–Crippen LogP) is 3.05. The first-order valence-electron chi connectivity index (χ1n) is 8.04. The number of nitrogens with zero attached hydrogens (tertiary/aromatic N) is 4. The first kappa shape index (κ1) is 16.6. The number of oxazole rings is 1. The number of aromatic nitrogens is 3. The van der Waals surface area contributed by atoms with Crippen LogP contribution in [0.2, 0.25) is 0 Å². The molecule has 2 aromatic rings. The van der Waals surface area contributed by atoms with Crippen LogP contribution in [0.15, 0.2) is 16.7 Å². The molecule has 8 heteroatoms. The number of hydrogen-bond acceptors (Lipinski definition) is 4. The summed E-state index contributed by atoms with van der Waals surface area (Å²) in [4.78, 5) is 18.5. The molecular weight excluding hydrogens is 318 g/mol. The van der Waals surface area contributed by atoms with Gasteiger partial charge in [-0.05, 0) is 18.4 Å².